The number of hydrogen-bond donors (Lipinski definition) is 1. The standard InChI is InChI=1S/C13H12N4S/c1-2-9-7-10-11(14)16-12(17-13(10)18-9)8-3-5-15-6-4-8/h3-7H,2H2,1H3,(H2,14,16,17). The number of thiophene rings is 1. The van der Waals surface area contributed by atoms with Crippen molar-refractivity contribution in [2.24, 2.45) is 0 Å². The minimum absolute atomic E-state index is 0.544. The first-order chi connectivity index (χ1) is 8.78. The largest absolute Gasteiger partial charge is 0.383 e. The van der Waals surface area contributed by atoms with Gasteiger partial charge in [0.1, 0.15) is 10.6 Å². The summed E-state index contributed by atoms with van der Waals surface area (Å²) in [6.45, 7) is 2.12. The van der Waals surface area contributed by atoms with E-state index in [1.165, 1.54) is 4.88 Å². The molecule has 0 atom stereocenters. The van der Waals surface area contributed by atoms with Crippen LogP contribution < -0.4 is 5.73 Å². The molecule has 3 rings (SSSR count). The average Bonchev–Trinajstić information content (AvgIpc) is 2.83. The predicted octanol–water partition coefficient (Wildman–Crippen LogP) is 2.90. The maximum atomic E-state index is 6.00. The molecule has 0 saturated heterocycles. The van der Waals surface area contributed by atoms with Crippen molar-refractivity contribution in [3.63, 3.8) is 0 Å². The lowest BCUT2D eigenvalue weighted by molar-refractivity contribution is 1.19. The Kier molecular flexibility index (Phi) is 2.68. The van der Waals surface area contributed by atoms with Crippen molar-refractivity contribution in [1.82, 2.24) is 15.0 Å². The van der Waals surface area contributed by atoms with Gasteiger partial charge in [-0.2, -0.15) is 0 Å². The molecule has 4 nitrogen and oxygen atoms in total. The predicted molar refractivity (Wildman–Crippen MR) is 74.4 cm³/mol. The summed E-state index contributed by atoms with van der Waals surface area (Å²) in [6, 6.07) is 5.84. The molecule has 0 aliphatic heterocycles. The van der Waals surface area contributed by atoms with Crippen LogP contribution in [-0.2, 0) is 6.42 Å². The summed E-state index contributed by atoms with van der Waals surface area (Å²) in [4.78, 5) is 15.2. The molecule has 0 fully saturated rings. The Hall–Kier alpha value is -2.01. The molecule has 3 aromatic heterocycles. The lowest BCUT2D eigenvalue weighted by atomic mass is 10.2. The van der Waals surface area contributed by atoms with E-state index in [4.69, 9.17) is 5.73 Å². The van der Waals surface area contributed by atoms with E-state index in [1.807, 2.05) is 12.1 Å². The molecule has 0 bridgehead atoms. The molecule has 0 unspecified atom stereocenters. The molecular formula is C13H12N4S. The Morgan fingerprint density at radius 3 is 2.72 bits per heavy atom. The van der Waals surface area contributed by atoms with Gasteiger partial charge < -0.3 is 5.73 Å². The van der Waals surface area contributed by atoms with Crippen LogP contribution in [0.15, 0.2) is 30.6 Å². The number of aromatic nitrogens is 3. The minimum Gasteiger partial charge on any atom is -0.383 e. The van der Waals surface area contributed by atoms with E-state index in [9.17, 15) is 0 Å². The summed E-state index contributed by atoms with van der Waals surface area (Å²) in [5, 5.41) is 0.953. The monoisotopic (exact) mass is 256 g/mol. The fraction of sp³-hybridized carbons (Fsp3) is 0.154. The van der Waals surface area contributed by atoms with E-state index < -0.39 is 0 Å². The normalized spacial score (nSPS) is 10.9. The van der Waals surface area contributed by atoms with Gasteiger partial charge in [-0.1, -0.05) is 6.92 Å². The molecule has 0 aliphatic carbocycles. The fourth-order valence-electron chi connectivity index (χ4n) is 1.80. The quantitative estimate of drug-likeness (QED) is 0.765. The molecule has 90 valence electrons. The van der Waals surface area contributed by atoms with Crippen LogP contribution in [0, 0.1) is 0 Å². The Labute approximate surface area is 109 Å². The van der Waals surface area contributed by atoms with Gasteiger partial charge in [-0.3, -0.25) is 4.98 Å². The highest BCUT2D eigenvalue weighted by Gasteiger charge is 2.10. The molecule has 0 amide bonds. The molecule has 0 aromatic carbocycles. The number of fused-ring (bicyclic) bond motifs is 1. The first-order valence-corrected chi connectivity index (χ1v) is 6.56. The highest BCUT2D eigenvalue weighted by molar-refractivity contribution is 7.18. The minimum atomic E-state index is 0.544. The second kappa shape index (κ2) is 4.34. The molecule has 0 aliphatic rings. The highest BCUT2D eigenvalue weighted by atomic mass is 32.1. The van der Waals surface area contributed by atoms with Gasteiger partial charge >= 0.3 is 0 Å². The van der Waals surface area contributed by atoms with E-state index in [2.05, 4.69) is 27.9 Å². The first-order valence-electron chi connectivity index (χ1n) is 5.74. The number of nitrogens with zero attached hydrogens (tertiary/aromatic N) is 3. The molecule has 0 spiro atoms. The van der Waals surface area contributed by atoms with Crippen LogP contribution in [0.1, 0.15) is 11.8 Å². The summed E-state index contributed by atoms with van der Waals surface area (Å²) < 4.78 is 0. The van der Waals surface area contributed by atoms with Crippen LogP contribution in [0.5, 0.6) is 0 Å². The maximum Gasteiger partial charge on any atom is 0.163 e. The van der Waals surface area contributed by atoms with Crippen LogP contribution in [0.25, 0.3) is 21.6 Å². The second-order valence-electron chi connectivity index (χ2n) is 3.95. The number of aryl methyl sites for hydroxylation is 1. The third-order valence-corrected chi connectivity index (χ3v) is 3.93. The number of hydrogen-bond acceptors (Lipinski definition) is 5. The average molecular weight is 256 g/mol. The Balaban J connectivity index is 2.21. The summed E-state index contributed by atoms with van der Waals surface area (Å²) in [6.07, 6.45) is 4.45. The van der Waals surface area contributed by atoms with Gasteiger partial charge in [0, 0.05) is 22.8 Å². The van der Waals surface area contributed by atoms with Gasteiger partial charge in [0.05, 0.1) is 5.39 Å². The molecule has 2 N–H and O–H groups in total. The van der Waals surface area contributed by atoms with E-state index >= 15 is 0 Å². The lowest BCUT2D eigenvalue weighted by Gasteiger charge is -2.01. The Morgan fingerprint density at radius 1 is 1.22 bits per heavy atom. The number of anilines is 1. The van der Waals surface area contributed by atoms with Crippen molar-refractivity contribution in [1.29, 1.82) is 0 Å². The van der Waals surface area contributed by atoms with Gasteiger partial charge in [0.2, 0.25) is 0 Å². The second-order valence-corrected chi connectivity index (χ2v) is 5.07. The molecule has 18 heavy (non-hydrogen) atoms. The SMILES string of the molecule is CCc1cc2c(N)nc(-c3ccncc3)nc2s1. The van der Waals surface area contributed by atoms with Crippen molar-refractivity contribution in [3.8, 4) is 11.4 Å². The number of pyridine rings is 1. The van der Waals surface area contributed by atoms with Gasteiger partial charge in [0.25, 0.3) is 0 Å². The third-order valence-electron chi connectivity index (χ3n) is 2.76. The zero-order valence-corrected chi connectivity index (χ0v) is 10.7. The van der Waals surface area contributed by atoms with Gasteiger partial charge in [-0.25, -0.2) is 9.97 Å². The van der Waals surface area contributed by atoms with E-state index in [1.54, 1.807) is 23.7 Å². The molecule has 3 heterocycles. The van der Waals surface area contributed by atoms with E-state index in [0.717, 1.165) is 22.2 Å². The molecule has 5 heteroatoms. The summed E-state index contributed by atoms with van der Waals surface area (Å²) in [5.74, 6) is 1.20. The molecule has 0 radical (unpaired) electrons. The summed E-state index contributed by atoms with van der Waals surface area (Å²) in [7, 11) is 0. The third kappa shape index (κ3) is 1.82. The Morgan fingerprint density at radius 2 is 2.00 bits per heavy atom. The van der Waals surface area contributed by atoms with E-state index in [0.29, 0.717) is 11.6 Å². The highest BCUT2D eigenvalue weighted by Crippen LogP contribution is 2.29. The van der Waals surface area contributed by atoms with Crippen molar-refractivity contribution in [2.45, 2.75) is 13.3 Å². The molecule has 0 saturated carbocycles. The molecule has 3 aromatic rings. The van der Waals surface area contributed by atoms with Crippen LogP contribution >= 0.6 is 11.3 Å². The maximum absolute atomic E-state index is 6.00. The van der Waals surface area contributed by atoms with Gasteiger partial charge in [-0.15, -0.1) is 11.3 Å². The molecular weight excluding hydrogens is 244 g/mol. The van der Waals surface area contributed by atoms with Crippen molar-refractivity contribution in [2.75, 3.05) is 5.73 Å². The summed E-state index contributed by atoms with van der Waals surface area (Å²) in [5.41, 5.74) is 6.94. The zero-order valence-electron chi connectivity index (χ0n) is 9.92. The Bertz CT molecular complexity index is 691. The van der Waals surface area contributed by atoms with Crippen LogP contribution in [-0.4, -0.2) is 15.0 Å². The van der Waals surface area contributed by atoms with E-state index in [-0.39, 0.29) is 0 Å². The van der Waals surface area contributed by atoms with Crippen molar-refractivity contribution < 1.29 is 0 Å². The van der Waals surface area contributed by atoms with Gasteiger partial charge in [0.15, 0.2) is 5.82 Å². The lowest BCUT2D eigenvalue weighted by Crippen LogP contribution is -1.95. The number of nitrogen functional groups attached to an aromatic ring is 1. The van der Waals surface area contributed by atoms with Crippen LogP contribution in [0.2, 0.25) is 0 Å². The van der Waals surface area contributed by atoms with Gasteiger partial charge in [-0.05, 0) is 24.6 Å². The topological polar surface area (TPSA) is 64.7 Å². The van der Waals surface area contributed by atoms with Crippen molar-refractivity contribution >= 4 is 27.4 Å². The fourth-order valence-corrected chi connectivity index (χ4v) is 2.77. The van der Waals surface area contributed by atoms with Crippen LogP contribution in [0.3, 0.4) is 0 Å². The smallest absolute Gasteiger partial charge is 0.163 e. The number of rotatable bonds is 2. The van der Waals surface area contributed by atoms with Crippen molar-refractivity contribution in [3.05, 3.63) is 35.5 Å². The summed E-state index contributed by atoms with van der Waals surface area (Å²) >= 11 is 1.67. The number of nitrogens with two attached hydrogens (primary N) is 1. The van der Waals surface area contributed by atoms with Crippen LogP contribution in [0.4, 0.5) is 5.82 Å². The zero-order chi connectivity index (χ0) is 12.5. The first kappa shape index (κ1) is 11.1.